The molecule has 72 valence electrons. The molecule has 0 radical (unpaired) electrons. The van der Waals surface area contributed by atoms with Crippen LogP contribution in [0, 0.1) is 0 Å². The van der Waals surface area contributed by atoms with Crippen molar-refractivity contribution in [2.24, 2.45) is 0 Å². The predicted molar refractivity (Wildman–Crippen MR) is 51.5 cm³/mol. The van der Waals surface area contributed by atoms with Crippen molar-refractivity contribution in [3.63, 3.8) is 0 Å². The number of aromatic carboxylic acids is 1. The number of halogens is 1. The minimum atomic E-state index is -1.11. The van der Waals surface area contributed by atoms with Crippen molar-refractivity contribution in [2.45, 2.75) is 0 Å². The fourth-order valence-electron chi connectivity index (χ4n) is 1.23. The summed E-state index contributed by atoms with van der Waals surface area (Å²) in [5, 5.41) is 22.1. The van der Waals surface area contributed by atoms with Crippen molar-refractivity contribution in [3.05, 3.63) is 28.5 Å². The van der Waals surface area contributed by atoms with Gasteiger partial charge in [-0.3, -0.25) is 0 Å². The van der Waals surface area contributed by atoms with Gasteiger partial charge in [-0.2, -0.15) is 5.10 Å². The van der Waals surface area contributed by atoms with Gasteiger partial charge in [0.05, 0.1) is 6.20 Å². The number of aromatic hydroxyl groups is 1. The van der Waals surface area contributed by atoms with Crippen LogP contribution in [0.5, 0.6) is 5.75 Å². The Balaban J connectivity index is 2.85. The van der Waals surface area contributed by atoms with Gasteiger partial charge < -0.3 is 10.2 Å². The first-order chi connectivity index (χ1) is 6.59. The average molecular weight is 257 g/mol. The summed E-state index contributed by atoms with van der Waals surface area (Å²) >= 11 is 3.16. The third-order valence-electron chi connectivity index (χ3n) is 1.79. The third-order valence-corrected chi connectivity index (χ3v) is 2.22. The van der Waals surface area contributed by atoms with Gasteiger partial charge in [0.2, 0.25) is 0 Å². The molecule has 0 atom stereocenters. The molecular weight excluding hydrogens is 252 g/mol. The lowest BCUT2D eigenvalue weighted by molar-refractivity contribution is 0.0698. The number of hydrogen-bond acceptors (Lipinski definition) is 3. The lowest BCUT2D eigenvalue weighted by Crippen LogP contribution is -1.95. The van der Waals surface area contributed by atoms with Crippen LogP contribution in [-0.4, -0.2) is 25.8 Å². The summed E-state index contributed by atoms with van der Waals surface area (Å²) in [6, 6.07) is 1.42. The Labute approximate surface area is 86.7 Å². The van der Waals surface area contributed by atoms with E-state index in [2.05, 4.69) is 21.0 Å². The molecule has 0 aromatic carbocycles. The normalized spacial score (nSPS) is 10.6. The molecule has 6 heteroatoms. The van der Waals surface area contributed by atoms with E-state index >= 15 is 0 Å². The van der Waals surface area contributed by atoms with E-state index in [1.165, 1.54) is 16.8 Å². The van der Waals surface area contributed by atoms with Crippen LogP contribution < -0.4 is 0 Å². The Kier molecular flexibility index (Phi) is 1.92. The summed E-state index contributed by atoms with van der Waals surface area (Å²) < 4.78 is 1.94. The van der Waals surface area contributed by atoms with Crippen LogP contribution in [0.3, 0.4) is 0 Å². The number of fused-ring (bicyclic) bond motifs is 1. The number of carboxylic acid groups (broad SMARTS) is 1. The van der Waals surface area contributed by atoms with Gasteiger partial charge in [-0.15, -0.1) is 0 Å². The van der Waals surface area contributed by atoms with Crippen molar-refractivity contribution < 1.29 is 15.0 Å². The monoisotopic (exact) mass is 256 g/mol. The maximum absolute atomic E-state index is 10.7. The van der Waals surface area contributed by atoms with Crippen LogP contribution in [0.4, 0.5) is 0 Å². The molecular formula is C8H5BrN2O3. The smallest absolute Gasteiger partial charge is 0.339 e. The first kappa shape index (κ1) is 9.01. The molecule has 0 saturated heterocycles. The zero-order valence-corrected chi connectivity index (χ0v) is 8.39. The molecule has 0 aliphatic carbocycles. The maximum atomic E-state index is 10.7. The summed E-state index contributed by atoms with van der Waals surface area (Å²) in [4.78, 5) is 10.7. The second-order valence-corrected chi connectivity index (χ2v) is 3.62. The van der Waals surface area contributed by atoms with Gasteiger partial charge in [0.1, 0.15) is 16.8 Å². The zero-order valence-electron chi connectivity index (χ0n) is 6.81. The number of rotatable bonds is 1. The van der Waals surface area contributed by atoms with Gasteiger partial charge in [-0.1, -0.05) is 0 Å². The molecule has 0 amide bonds. The minimum Gasteiger partial charge on any atom is -0.506 e. The molecule has 0 spiro atoms. The third kappa shape index (κ3) is 1.24. The van der Waals surface area contributed by atoms with Gasteiger partial charge in [0.25, 0.3) is 0 Å². The molecule has 2 N–H and O–H groups in total. The SMILES string of the molecule is O=C(O)c1cnn2cc(Br)cc(O)c12. The summed E-state index contributed by atoms with van der Waals surface area (Å²) in [6.45, 7) is 0. The van der Waals surface area contributed by atoms with Gasteiger partial charge in [0, 0.05) is 10.7 Å². The lowest BCUT2D eigenvalue weighted by atomic mass is 10.2. The number of carbonyl (C=O) groups is 1. The molecule has 0 unspecified atom stereocenters. The molecule has 0 aliphatic heterocycles. The Hall–Kier alpha value is -1.56. The Morgan fingerprint density at radius 3 is 2.93 bits per heavy atom. The van der Waals surface area contributed by atoms with Crippen LogP contribution in [0.2, 0.25) is 0 Å². The second-order valence-electron chi connectivity index (χ2n) is 2.70. The van der Waals surface area contributed by atoms with E-state index in [0.29, 0.717) is 4.47 Å². The van der Waals surface area contributed by atoms with Gasteiger partial charge in [0.15, 0.2) is 0 Å². The van der Waals surface area contributed by atoms with Crippen LogP contribution in [0.1, 0.15) is 10.4 Å². The number of carboxylic acids is 1. The number of hydrogen-bond donors (Lipinski definition) is 2. The largest absolute Gasteiger partial charge is 0.506 e. The molecule has 0 bridgehead atoms. The van der Waals surface area contributed by atoms with E-state index in [-0.39, 0.29) is 16.8 Å². The van der Waals surface area contributed by atoms with Crippen molar-refractivity contribution in [1.82, 2.24) is 9.61 Å². The standard InChI is InChI=1S/C8H5BrN2O3/c9-4-1-6(12)7-5(8(13)14)2-10-11(7)3-4/h1-3,12H,(H,13,14). The zero-order chi connectivity index (χ0) is 10.3. The molecule has 2 aromatic heterocycles. The van der Waals surface area contributed by atoms with Gasteiger partial charge in [-0.05, 0) is 22.0 Å². The molecule has 5 nitrogen and oxygen atoms in total. The highest BCUT2D eigenvalue weighted by molar-refractivity contribution is 9.10. The number of nitrogens with zero attached hydrogens (tertiary/aromatic N) is 2. The first-order valence-corrected chi connectivity index (χ1v) is 4.48. The van der Waals surface area contributed by atoms with E-state index in [4.69, 9.17) is 5.11 Å². The number of pyridine rings is 1. The average Bonchev–Trinajstić information content (AvgIpc) is 2.47. The topological polar surface area (TPSA) is 74.8 Å². The van der Waals surface area contributed by atoms with Gasteiger partial charge in [-0.25, -0.2) is 9.31 Å². The van der Waals surface area contributed by atoms with Crippen molar-refractivity contribution in [1.29, 1.82) is 0 Å². The quantitative estimate of drug-likeness (QED) is 0.811. The summed E-state index contributed by atoms with van der Waals surface area (Å²) in [5.41, 5.74) is 0.177. The van der Waals surface area contributed by atoms with Crippen LogP contribution in [-0.2, 0) is 0 Å². The van der Waals surface area contributed by atoms with Crippen molar-refractivity contribution in [3.8, 4) is 5.75 Å². The van der Waals surface area contributed by atoms with E-state index in [1.54, 1.807) is 6.20 Å². The fourth-order valence-corrected chi connectivity index (χ4v) is 1.64. The molecule has 14 heavy (non-hydrogen) atoms. The molecule has 2 aromatic rings. The second kappa shape index (κ2) is 2.98. The lowest BCUT2D eigenvalue weighted by Gasteiger charge is -1.99. The van der Waals surface area contributed by atoms with E-state index in [1.807, 2.05) is 0 Å². The van der Waals surface area contributed by atoms with E-state index < -0.39 is 5.97 Å². The first-order valence-electron chi connectivity index (χ1n) is 3.69. The van der Waals surface area contributed by atoms with Crippen LogP contribution in [0.15, 0.2) is 22.9 Å². The fraction of sp³-hybridized carbons (Fsp3) is 0. The van der Waals surface area contributed by atoms with Crippen LogP contribution in [0.25, 0.3) is 5.52 Å². The van der Waals surface area contributed by atoms with Crippen molar-refractivity contribution in [2.75, 3.05) is 0 Å². The predicted octanol–water partition coefficient (Wildman–Crippen LogP) is 1.50. The van der Waals surface area contributed by atoms with E-state index in [9.17, 15) is 9.90 Å². The molecule has 0 saturated carbocycles. The summed E-state index contributed by atoms with van der Waals surface area (Å²) in [5.74, 6) is -1.23. The highest BCUT2D eigenvalue weighted by Crippen LogP contribution is 2.25. The van der Waals surface area contributed by atoms with Crippen LogP contribution >= 0.6 is 15.9 Å². The Morgan fingerprint density at radius 2 is 2.29 bits per heavy atom. The molecule has 2 rings (SSSR count). The highest BCUT2D eigenvalue weighted by Gasteiger charge is 2.14. The molecule has 0 fully saturated rings. The van der Waals surface area contributed by atoms with Crippen molar-refractivity contribution >= 4 is 27.4 Å². The molecule has 0 aliphatic rings. The summed E-state index contributed by atoms with van der Waals surface area (Å²) in [7, 11) is 0. The number of aromatic nitrogens is 2. The molecule has 2 heterocycles. The highest BCUT2D eigenvalue weighted by atomic mass is 79.9. The minimum absolute atomic E-state index is 0.0185. The maximum Gasteiger partial charge on any atom is 0.339 e. The van der Waals surface area contributed by atoms with Gasteiger partial charge >= 0.3 is 5.97 Å². The Bertz CT molecular complexity index is 521. The summed E-state index contributed by atoms with van der Waals surface area (Å²) in [6.07, 6.45) is 2.77. The van der Waals surface area contributed by atoms with E-state index in [0.717, 1.165) is 0 Å². The Morgan fingerprint density at radius 1 is 1.57 bits per heavy atom.